The Morgan fingerprint density at radius 3 is 2.81 bits per heavy atom. The minimum absolute atomic E-state index is 0.0786. The lowest BCUT2D eigenvalue weighted by Gasteiger charge is -2.30. The van der Waals surface area contributed by atoms with Crippen LogP contribution in [0.2, 0.25) is 0 Å². The maximum absolute atomic E-state index is 13.2. The fraction of sp³-hybridized carbons (Fsp3) is 0.250. The van der Waals surface area contributed by atoms with Gasteiger partial charge in [-0.25, -0.2) is 0 Å². The van der Waals surface area contributed by atoms with Crippen molar-refractivity contribution in [2.75, 3.05) is 11.9 Å². The van der Waals surface area contributed by atoms with Crippen molar-refractivity contribution in [1.82, 2.24) is 14.7 Å². The number of furan rings is 1. The van der Waals surface area contributed by atoms with E-state index >= 15 is 0 Å². The molecule has 7 heteroatoms. The normalized spacial score (nSPS) is 13.3. The van der Waals surface area contributed by atoms with Crippen molar-refractivity contribution in [2.45, 2.75) is 19.9 Å². The Morgan fingerprint density at radius 2 is 2.07 bits per heavy atom. The van der Waals surface area contributed by atoms with Crippen molar-refractivity contribution in [3.63, 3.8) is 0 Å². The molecule has 0 atom stereocenters. The number of carbonyl (C=O) groups is 2. The zero-order valence-corrected chi connectivity index (χ0v) is 15.2. The van der Waals surface area contributed by atoms with Gasteiger partial charge in [-0.3, -0.25) is 14.3 Å². The predicted molar refractivity (Wildman–Crippen MR) is 100 cm³/mol. The zero-order valence-electron chi connectivity index (χ0n) is 15.2. The monoisotopic (exact) mass is 364 g/mol. The molecule has 27 heavy (non-hydrogen) atoms. The summed E-state index contributed by atoms with van der Waals surface area (Å²) in [7, 11) is 1.79. The van der Waals surface area contributed by atoms with Crippen molar-refractivity contribution in [1.29, 1.82) is 0 Å². The topological polar surface area (TPSA) is 80.4 Å². The van der Waals surface area contributed by atoms with Crippen LogP contribution in [0.3, 0.4) is 0 Å². The average molecular weight is 364 g/mol. The number of amides is 2. The molecule has 0 aliphatic carbocycles. The molecule has 138 valence electrons. The number of aryl methyl sites for hydroxylation is 1. The summed E-state index contributed by atoms with van der Waals surface area (Å²) in [5.41, 5.74) is 4.03. The van der Waals surface area contributed by atoms with Gasteiger partial charge < -0.3 is 14.6 Å². The summed E-state index contributed by atoms with van der Waals surface area (Å²) in [5, 5.41) is 7.26. The van der Waals surface area contributed by atoms with Crippen molar-refractivity contribution < 1.29 is 14.0 Å². The first-order chi connectivity index (χ1) is 13.0. The number of nitrogens with one attached hydrogen (secondary N) is 1. The van der Waals surface area contributed by atoms with E-state index in [1.807, 2.05) is 23.1 Å². The van der Waals surface area contributed by atoms with Crippen molar-refractivity contribution in [3.05, 3.63) is 59.5 Å². The molecule has 0 saturated heterocycles. The molecule has 1 aromatic carbocycles. The van der Waals surface area contributed by atoms with Gasteiger partial charge >= 0.3 is 0 Å². The van der Waals surface area contributed by atoms with Gasteiger partial charge in [0.15, 0.2) is 5.76 Å². The second kappa shape index (κ2) is 6.75. The average Bonchev–Trinajstić information content (AvgIpc) is 3.29. The summed E-state index contributed by atoms with van der Waals surface area (Å²) in [6.07, 6.45) is 3.98. The minimum atomic E-state index is -0.0969. The SMILES string of the molecule is CC(=O)Nc1cccc2c1CCN(C(=O)c1cn(C)nc1-c1ccco1)C2. The third-order valence-corrected chi connectivity index (χ3v) is 4.68. The molecular weight excluding hydrogens is 344 g/mol. The van der Waals surface area contributed by atoms with Gasteiger partial charge in [0.2, 0.25) is 5.91 Å². The van der Waals surface area contributed by atoms with Gasteiger partial charge in [-0.1, -0.05) is 12.1 Å². The number of anilines is 1. The van der Waals surface area contributed by atoms with E-state index in [4.69, 9.17) is 4.42 Å². The lowest BCUT2D eigenvalue weighted by Crippen LogP contribution is -2.36. The van der Waals surface area contributed by atoms with Crippen LogP contribution < -0.4 is 5.32 Å². The smallest absolute Gasteiger partial charge is 0.258 e. The van der Waals surface area contributed by atoms with E-state index < -0.39 is 0 Å². The molecule has 0 fully saturated rings. The number of fused-ring (bicyclic) bond motifs is 1. The van der Waals surface area contributed by atoms with Crippen molar-refractivity contribution in [2.24, 2.45) is 7.05 Å². The maximum Gasteiger partial charge on any atom is 0.258 e. The van der Waals surface area contributed by atoms with Crippen LogP contribution in [-0.4, -0.2) is 33.0 Å². The Morgan fingerprint density at radius 1 is 1.22 bits per heavy atom. The Hall–Kier alpha value is -3.35. The number of aromatic nitrogens is 2. The van der Waals surface area contributed by atoms with Crippen LogP contribution in [0.4, 0.5) is 5.69 Å². The molecule has 1 aliphatic heterocycles. The highest BCUT2D eigenvalue weighted by atomic mass is 16.3. The quantitative estimate of drug-likeness (QED) is 0.775. The molecule has 3 heterocycles. The van der Waals surface area contributed by atoms with E-state index in [-0.39, 0.29) is 11.8 Å². The first kappa shape index (κ1) is 17.1. The molecule has 0 radical (unpaired) electrons. The fourth-order valence-electron chi connectivity index (χ4n) is 3.50. The predicted octanol–water partition coefficient (Wildman–Crippen LogP) is 2.84. The number of rotatable bonds is 3. The maximum atomic E-state index is 13.2. The van der Waals surface area contributed by atoms with Gasteiger partial charge in [-0.2, -0.15) is 5.10 Å². The molecule has 1 aliphatic rings. The number of hydrogen-bond donors (Lipinski definition) is 1. The Balaban J connectivity index is 1.62. The summed E-state index contributed by atoms with van der Waals surface area (Å²) >= 11 is 0. The summed E-state index contributed by atoms with van der Waals surface area (Å²) in [4.78, 5) is 26.4. The fourth-order valence-corrected chi connectivity index (χ4v) is 3.50. The second-order valence-corrected chi connectivity index (χ2v) is 6.64. The minimum Gasteiger partial charge on any atom is -0.463 e. The summed E-state index contributed by atoms with van der Waals surface area (Å²) in [5.74, 6) is 0.398. The van der Waals surface area contributed by atoms with E-state index in [2.05, 4.69) is 10.4 Å². The van der Waals surface area contributed by atoms with E-state index in [1.165, 1.54) is 6.92 Å². The molecule has 3 aromatic rings. The van der Waals surface area contributed by atoms with Crippen LogP contribution in [0.1, 0.15) is 28.4 Å². The third-order valence-electron chi connectivity index (χ3n) is 4.68. The lowest BCUT2D eigenvalue weighted by atomic mass is 9.97. The number of nitrogens with zero attached hydrogens (tertiary/aromatic N) is 3. The van der Waals surface area contributed by atoms with Crippen LogP contribution in [0.5, 0.6) is 0 Å². The highest BCUT2D eigenvalue weighted by Gasteiger charge is 2.27. The van der Waals surface area contributed by atoms with Crippen LogP contribution in [0.15, 0.2) is 47.2 Å². The first-order valence-corrected chi connectivity index (χ1v) is 8.78. The largest absolute Gasteiger partial charge is 0.463 e. The van der Waals surface area contributed by atoms with Gasteiger partial charge in [-0.05, 0) is 35.7 Å². The van der Waals surface area contributed by atoms with E-state index in [9.17, 15) is 9.59 Å². The van der Waals surface area contributed by atoms with Crippen LogP contribution in [-0.2, 0) is 24.8 Å². The highest BCUT2D eigenvalue weighted by Crippen LogP contribution is 2.29. The summed E-state index contributed by atoms with van der Waals surface area (Å²) in [6.45, 7) is 2.57. The molecule has 2 aromatic heterocycles. The molecule has 7 nitrogen and oxygen atoms in total. The van der Waals surface area contributed by atoms with Gasteiger partial charge in [0, 0.05) is 38.9 Å². The Kier molecular flexibility index (Phi) is 4.27. The Labute approximate surface area is 156 Å². The molecule has 0 bridgehead atoms. The van der Waals surface area contributed by atoms with Gasteiger partial charge in [0.05, 0.1) is 11.8 Å². The summed E-state index contributed by atoms with van der Waals surface area (Å²) in [6, 6.07) is 9.37. The lowest BCUT2D eigenvalue weighted by molar-refractivity contribution is -0.114. The number of benzene rings is 1. The highest BCUT2D eigenvalue weighted by molar-refractivity contribution is 5.99. The van der Waals surface area contributed by atoms with Gasteiger partial charge in [0.1, 0.15) is 5.69 Å². The van der Waals surface area contributed by atoms with E-state index in [0.717, 1.165) is 16.8 Å². The van der Waals surface area contributed by atoms with E-state index in [0.29, 0.717) is 36.5 Å². The van der Waals surface area contributed by atoms with Crippen molar-refractivity contribution in [3.8, 4) is 11.5 Å². The zero-order chi connectivity index (χ0) is 19.0. The molecule has 1 N–H and O–H groups in total. The van der Waals surface area contributed by atoms with Crippen molar-refractivity contribution >= 4 is 17.5 Å². The number of carbonyl (C=O) groups excluding carboxylic acids is 2. The summed E-state index contributed by atoms with van der Waals surface area (Å²) < 4.78 is 7.06. The molecule has 0 unspecified atom stereocenters. The number of hydrogen-bond acceptors (Lipinski definition) is 4. The van der Waals surface area contributed by atoms with Gasteiger partial charge in [0.25, 0.3) is 5.91 Å². The molecular formula is C20H20N4O3. The molecule has 0 spiro atoms. The first-order valence-electron chi connectivity index (χ1n) is 8.78. The van der Waals surface area contributed by atoms with Crippen LogP contribution >= 0.6 is 0 Å². The second-order valence-electron chi connectivity index (χ2n) is 6.64. The van der Waals surface area contributed by atoms with E-state index in [1.54, 1.807) is 36.3 Å². The third kappa shape index (κ3) is 3.23. The molecule has 2 amide bonds. The Bertz CT molecular complexity index is 1000. The molecule has 4 rings (SSSR count). The van der Waals surface area contributed by atoms with Crippen LogP contribution in [0.25, 0.3) is 11.5 Å². The molecule has 0 saturated carbocycles. The van der Waals surface area contributed by atoms with Crippen LogP contribution in [0, 0.1) is 0 Å². The standard InChI is InChI=1S/C20H20N4O3/c1-13(25)21-17-6-3-5-14-11-24(9-8-15(14)17)20(26)16-12-23(2)22-19(16)18-7-4-10-27-18/h3-7,10,12H,8-9,11H2,1-2H3,(H,21,25). The van der Waals surface area contributed by atoms with Gasteiger partial charge in [-0.15, -0.1) is 0 Å².